The SMILES string of the molecule is CN1C(=O)N(c2c(F)cc(NCCNCCCO)cc2F)c2cc(C#N)ccc2-c2cc(Cl)cnc21. The molecule has 0 radical (unpaired) electrons. The van der Waals surface area contributed by atoms with Gasteiger partial charge in [0.15, 0.2) is 11.6 Å². The molecule has 0 saturated heterocycles. The molecule has 3 aromatic rings. The van der Waals surface area contributed by atoms with Gasteiger partial charge in [-0.25, -0.2) is 18.6 Å². The molecule has 2 aromatic carbocycles. The first kappa shape index (κ1) is 25.3. The summed E-state index contributed by atoms with van der Waals surface area (Å²) in [5, 5.41) is 24.6. The number of rotatable bonds is 8. The molecule has 36 heavy (non-hydrogen) atoms. The maximum Gasteiger partial charge on any atom is 0.334 e. The summed E-state index contributed by atoms with van der Waals surface area (Å²) < 4.78 is 30.9. The number of hydrogen-bond donors (Lipinski definition) is 3. The summed E-state index contributed by atoms with van der Waals surface area (Å²) in [6.07, 6.45) is 1.99. The van der Waals surface area contributed by atoms with Crippen LogP contribution in [0.5, 0.6) is 0 Å². The second kappa shape index (κ2) is 10.9. The van der Waals surface area contributed by atoms with Crippen LogP contribution < -0.4 is 20.4 Å². The van der Waals surface area contributed by atoms with Crippen molar-refractivity contribution in [3.63, 3.8) is 0 Å². The fourth-order valence-corrected chi connectivity index (χ4v) is 4.13. The summed E-state index contributed by atoms with van der Waals surface area (Å²) >= 11 is 6.16. The first-order chi connectivity index (χ1) is 17.3. The molecular formula is C25H23ClF2N6O2. The van der Waals surface area contributed by atoms with Crippen LogP contribution in [-0.4, -0.2) is 49.4 Å². The third kappa shape index (κ3) is 4.95. The molecule has 2 amide bonds. The molecule has 1 aliphatic heterocycles. The van der Waals surface area contributed by atoms with E-state index in [0.717, 1.165) is 17.0 Å². The molecule has 0 unspecified atom stereocenters. The van der Waals surface area contributed by atoms with Gasteiger partial charge in [0.25, 0.3) is 0 Å². The van der Waals surface area contributed by atoms with Crippen molar-refractivity contribution in [1.82, 2.24) is 10.3 Å². The summed E-state index contributed by atoms with van der Waals surface area (Å²) in [4.78, 5) is 19.9. The average Bonchev–Trinajstić information content (AvgIpc) is 2.94. The number of aliphatic hydroxyl groups is 1. The fourth-order valence-electron chi connectivity index (χ4n) is 3.98. The number of nitrogens with zero attached hydrogens (tertiary/aromatic N) is 4. The van der Waals surface area contributed by atoms with Gasteiger partial charge in [0.05, 0.1) is 22.3 Å². The number of anilines is 4. The second-order valence-electron chi connectivity index (χ2n) is 8.09. The number of nitrogens with one attached hydrogen (secondary N) is 2. The Morgan fingerprint density at radius 2 is 1.86 bits per heavy atom. The molecule has 8 nitrogen and oxygen atoms in total. The van der Waals surface area contributed by atoms with Gasteiger partial charge in [-0.3, -0.25) is 9.80 Å². The number of carbonyl (C=O) groups is 1. The van der Waals surface area contributed by atoms with Gasteiger partial charge in [0.1, 0.15) is 11.5 Å². The van der Waals surface area contributed by atoms with E-state index in [4.69, 9.17) is 16.7 Å². The first-order valence-electron chi connectivity index (χ1n) is 11.2. The van der Waals surface area contributed by atoms with Gasteiger partial charge in [-0.1, -0.05) is 17.7 Å². The zero-order valence-electron chi connectivity index (χ0n) is 19.4. The molecule has 1 aliphatic rings. The van der Waals surface area contributed by atoms with E-state index in [9.17, 15) is 10.1 Å². The van der Waals surface area contributed by atoms with E-state index in [1.54, 1.807) is 18.2 Å². The standard InChI is InChI=1S/C25H23ClF2N6O2/c1-33-24-19(10-16(26)14-32-24)18-4-3-15(13-29)9-22(18)34(25(33)36)23-20(27)11-17(12-21(23)28)31-7-6-30-5-2-8-35/h3-4,9-12,14,30-31,35H,2,5-8H2,1H3. The molecule has 4 rings (SSSR count). The summed E-state index contributed by atoms with van der Waals surface area (Å²) in [5.41, 5.74) is 0.880. The molecule has 11 heteroatoms. The fraction of sp³-hybridized carbons (Fsp3) is 0.240. The Balaban J connectivity index is 1.76. The van der Waals surface area contributed by atoms with Crippen LogP contribution in [0.3, 0.4) is 0 Å². The topological polar surface area (TPSA) is 105 Å². The highest BCUT2D eigenvalue weighted by Crippen LogP contribution is 2.45. The predicted molar refractivity (Wildman–Crippen MR) is 135 cm³/mol. The summed E-state index contributed by atoms with van der Waals surface area (Å²) in [6, 6.07) is 9.62. The van der Waals surface area contributed by atoms with Gasteiger partial charge in [-0.15, -0.1) is 0 Å². The van der Waals surface area contributed by atoms with Crippen molar-refractivity contribution in [3.8, 4) is 17.2 Å². The molecule has 2 heterocycles. The molecule has 3 N–H and O–H groups in total. The molecule has 0 saturated carbocycles. The Morgan fingerprint density at radius 1 is 1.11 bits per heavy atom. The number of carbonyl (C=O) groups excluding carboxylic acids is 1. The number of benzene rings is 2. The Labute approximate surface area is 211 Å². The molecule has 0 spiro atoms. The van der Waals surface area contributed by atoms with Crippen LogP contribution in [0.2, 0.25) is 5.02 Å². The van der Waals surface area contributed by atoms with Gasteiger partial charge in [-0.2, -0.15) is 5.26 Å². The van der Waals surface area contributed by atoms with E-state index in [1.807, 2.05) is 6.07 Å². The lowest BCUT2D eigenvalue weighted by molar-refractivity contribution is 0.254. The zero-order valence-corrected chi connectivity index (χ0v) is 20.1. The van der Waals surface area contributed by atoms with E-state index in [0.29, 0.717) is 42.2 Å². The summed E-state index contributed by atoms with van der Waals surface area (Å²) in [7, 11) is 1.45. The Morgan fingerprint density at radius 3 is 2.56 bits per heavy atom. The van der Waals surface area contributed by atoms with E-state index in [1.165, 1.54) is 24.2 Å². The molecule has 0 fully saturated rings. The van der Waals surface area contributed by atoms with Crippen molar-refractivity contribution in [3.05, 3.63) is 64.8 Å². The summed E-state index contributed by atoms with van der Waals surface area (Å²) in [5.74, 6) is -1.67. The number of halogens is 3. The summed E-state index contributed by atoms with van der Waals surface area (Å²) in [6.45, 7) is 1.62. The minimum Gasteiger partial charge on any atom is -0.396 e. The molecule has 186 valence electrons. The quantitative estimate of drug-likeness (QED) is 0.380. The number of hydrogen-bond acceptors (Lipinski definition) is 6. The van der Waals surface area contributed by atoms with Crippen LogP contribution in [0.4, 0.5) is 36.5 Å². The highest BCUT2D eigenvalue weighted by atomic mass is 35.5. The molecular weight excluding hydrogens is 490 g/mol. The maximum atomic E-state index is 15.4. The third-order valence-electron chi connectivity index (χ3n) is 5.67. The lowest BCUT2D eigenvalue weighted by Crippen LogP contribution is -2.39. The number of nitriles is 1. The van der Waals surface area contributed by atoms with Crippen molar-refractivity contribution in [2.24, 2.45) is 0 Å². The second-order valence-corrected chi connectivity index (χ2v) is 8.52. The van der Waals surface area contributed by atoms with Gasteiger partial charge in [0, 0.05) is 49.8 Å². The number of urea groups is 1. The molecule has 0 atom stereocenters. The van der Waals surface area contributed by atoms with Crippen molar-refractivity contribution < 1.29 is 18.7 Å². The van der Waals surface area contributed by atoms with E-state index in [-0.39, 0.29) is 29.4 Å². The van der Waals surface area contributed by atoms with Gasteiger partial charge in [0.2, 0.25) is 0 Å². The van der Waals surface area contributed by atoms with Crippen molar-refractivity contribution in [2.75, 3.05) is 48.4 Å². The van der Waals surface area contributed by atoms with Gasteiger partial charge >= 0.3 is 6.03 Å². The van der Waals surface area contributed by atoms with Crippen LogP contribution in [0.1, 0.15) is 12.0 Å². The first-order valence-corrected chi connectivity index (χ1v) is 11.6. The molecule has 0 aliphatic carbocycles. The monoisotopic (exact) mass is 512 g/mol. The highest BCUT2D eigenvalue weighted by molar-refractivity contribution is 6.31. The Hall–Kier alpha value is -3.78. The van der Waals surface area contributed by atoms with E-state index in [2.05, 4.69) is 15.6 Å². The zero-order chi connectivity index (χ0) is 25.8. The maximum absolute atomic E-state index is 15.4. The van der Waals surface area contributed by atoms with E-state index >= 15 is 8.78 Å². The minimum absolute atomic E-state index is 0.0793. The molecule has 1 aromatic heterocycles. The van der Waals surface area contributed by atoms with Crippen LogP contribution in [0.15, 0.2) is 42.6 Å². The Bertz CT molecular complexity index is 1320. The van der Waals surface area contributed by atoms with Crippen LogP contribution in [0.25, 0.3) is 11.1 Å². The van der Waals surface area contributed by atoms with Gasteiger partial charge < -0.3 is 15.7 Å². The average molecular weight is 513 g/mol. The van der Waals surface area contributed by atoms with Crippen molar-refractivity contribution >= 4 is 40.5 Å². The van der Waals surface area contributed by atoms with Crippen LogP contribution in [0, 0.1) is 23.0 Å². The highest BCUT2D eigenvalue weighted by Gasteiger charge is 2.35. The number of aliphatic hydroxyl groups excluding tert-OH is 1. The third-order valence-corrected chi connectivity index (χ3v) is 5.88. The van der Waals surface area contributed by atoms with Crippen LogP contribution >= 0.6 is 11.6 Å². The minimum atomic E-state index is -0.960. The van der Waals surface area contributed by atoms with Gasteiger partial charge in [-0.05, 0) is 43.3 Å². The van der Waals surface area contributed by atoms with Crippen molar-refractivity contribution in [1.29, 1.82) is 5.26 Å². The van der Waals surface area contributed by atoms with E-state index < -0.39 is 23.4 Å². The predicted octanol–water partition coefficient (Wildman–Crippen LogP) is 4.64. The largest absolute Gasteiger partial charge is 0.396 e. The number of aromatic nitrogens is 1. The Kier molecular flexibility index (Phi) is 7.64. The number of amides is 2. The normalized spacial score (nSPS) is 12.6. The number of fused-ring (bicyclic) bond motifs is 3. The lowest BCUT2D eigenvalue weighted by atomic mass is 10.0. The van der Waals surface area contributed by atoms with Crippen LogP contribution in [-0.2, 0) is 0 Å². The smallest absolute Gasteiger partial charge is 0.334 e. The lowest BCUT2D eigenvalue weighted by Gasteiger charge is -2.27. The van der Waals surface area contributed by atoms with Crippen molar-refractivity contribution in [2.45, 2.75) is 6.42 Å². The number of pyridine rings is 1. The molecule has 0 bridgehead atoms.